The Morgan fingerprint density at radius 3 is 2.58 bits per heavy atom. The van der Waals surface area contributed by atoms with Crippen molar-refractivity contribution in [2.45, 2.75) is 58.2 Å². The van der Waals surface area contributed by atoms with Crippen LogP contribution < -0.4 is 10.2 Å². The molecule has 0 saturated carbocycles. The van der Waals surface area contributed by atoms with Crippen molar-refractivity contribution >= 4 is 5.69 Å². The molecule has 0 bridgehead atoms. The maximum Gasteiger partial charge on any atom is 0.0440 e. The number of hydrogen-bond donors (Lipinski definition) is 1. The molecule has 2 aromatic rings. The minimum atomic E-state index is 0.187. The number of nitrogens with one attached hydrogen (secondary N) is 1. The first-order valence-corrected chi connectivity index (χ1v) is 9.07. The van der Waals surface area contributed by atoms with Crippen LogP contribution in [0.1, 0.15) is 61.9 Å². The lowest BCUT2D eigenvalue weighted by Gasteiger charge is -2.24. The Hall–Kier alpha value is -1.87. The van der Waals surface area contributed by atoms with Crippen molar-refractivity contribution in [3.63, 3.8) is 0 Å². The van der Waals surface area contributed by atoms with E-state index in [-0.39, 0.29) is 5.41 Å². The number of fused-ring (bicyclic) bond motifs is 1. The zero-order chi connectivity index (χ0) is 16.7. The fourth-order valence-electron chi connectivity index (χ4n) is 3.97. The van der Waals surface area contributed by atoms with Crippen LogP contribution in [0.4, 0.5) is 5.69 Å². The molecule has 0 aliphatic carbocycles. The molecule has 1 aromatic heterocycles. The van der Waals surface area contributed by atoms with Gasteiger partial charge in [-0.25, -0.2) is 0 Å². The molecular formula is C21H27N3. The highest BCUT2D eigenvalue weighted by Crippen LogP contribution is 2.38. The number of nitrogens with zero attached hydrogens (tertiary/aromatic N) is 2. The summed E-state index contributed by atoms with van der Waals surface area (Å²) in [5, 5.41) is 3.71. The summed E-state index contributed by atoms with van der Waals surface area (Å²) in [7, 11) is 0. The van der Waals surface area contributed by atoms with Gasteiger partial charge in [0.15, 0.2) is 0 Å². The lowest BCUT2D eigenvalue weighted by Crippen LogP contribution is -2.18. The van der Waals surface area contributed by atoms with E-state index in [9.17, 15) is 0 Å². The van der Waals surface area contributed by atoms with Gasteiger partial charge in [-0.3, -0.25) is 4.98 Å². The van der Waals surface area contributed by atoms with E-state index in [0.29, 0.717) is 6.04 Å². The van der Waals surface area contributed by atoms with Crippen LogP contribution in [-0.2, 0) is 18.5 Å². The van der Waals surface area contributed by atoms with Crippen molar-refractivity contribution in [3.8, 4) is 0 Å². The van der Waals surface area contributed by atoms with E-state index >= 15 is 0 Å². The summed E-state index contributed by atoms with van der Waals surface area (Å²) >= 11 is 0. The first kappa shape index (κ1) is 15.6. The van der Waals surface area contributed by atoms with Gasteiger partial charge in [0, 0.05) is 37.2 Å². The predicted molar refractivity (Wildman–Crippen MR) is 99.2 cm³/mol. The molecule has 1 fully saturated rings. The van der Waals surface area contributed by atoms with Crippen molar-refractivity contribution < 1.29 is 0 Å². The van der Waals surface area contributed by atoms with Gasteiger partial charge >= 0.3 is 0 Å². The predicted octanol–water partition coefficient (Wildman–Crippen LogP) is 4.32. The van der Waals surface area contributed by atoms with Crippen LogP contribution in [0.15, 0.2) is 36.7 Å². The van der Waals surface area contributed by atoms with Gasteiger partial charge in [0.25, 0.3) is 0 Å². The van der Waals surface area contributed by atoms with Crippen LogP contribution in [0.3, 0.4) is 0 Å². The normalized spacial score (nSPS) is 20.5. The number of anilines is 1. The van der Waals surface area contributed by atoms with Crippen LogP contribution in [-0.4, -0.2) is 11.5 Å². The number of benzene rings is 1. The highest BCUT2D eigenvalue weighted by molar-refractivity contribution is 5.55. The largest absolute Gasteiger partial charge is 0.363 e. The van der Waals surface area contributed by atoms with Gasteiger partial charge in [-0.15, -0.1) is 0 Å². The van der Waals surface area contributed by atoms with Gasteiger partial charge in [-0.05, 0) is 59.2 Å². The van der Waals surface area contributed by atoms with Crippen molar-refractivity contribution in [2.75, 3.05) is 11.4 Å². The van der Waals surface area contributed by atoms with E-state index < -0.39 is 0 Å². The van der Waals surface area contributed by atoms with E-state index in [4.69, 9.17) is 0 Å². The van der Waals surface area contributed by atoms with Crippen LogP contribution in [0.25, 0.3) is 0 Å². The Labute approximate surface area is 145 Å². The summed E-state index contributed by atoms with van der Waals surface area (Å²) in [6.45, 7) is 10.1. The second-order valence-corrected chi connectivity index (χ2v) is 8.16. The number of hydrogen-bond acceptors (Lipinski definition) is 3. The van der Waals surface area contributed by atoms with Crippen molar-refractivity contribution in [1.82, 2.24) is 10.3 Å². The second kappa shape index (κ2) is 5.89. The first-order valence-electron chi connectivity index (χ1n) is 9.07. The molecular weight excluding hydrogens is 294 g/mol. The van der Waals surface area contributed by atoms with Crippen molar-refractivity contribution in [2.24, 2.45) is 0 Å². The molecule has 3 nitrogen and oxygen atoms in total. The Kier molecular flexibility index (Phi) is 3.84. The minimum absolute atomic E-state index is 0.187. The highest BCUT2D eigenvalue weighted by atomic mass is 15.1. The van der Waals surface area contributed by atoms with Gasteiger partial charge in [-0.1, -0.05) is 32.9 Å². The number of aromatic nitrogens is 1. The van der Waals surface area contributed by atoms with Crippen LogP contribution in [0.2, 0.25) is 0 Å². The molecule has 0 spiro atoms. The minimum Gasteiger partial charge on any atom is -0.363 e. The van der Waals surface area contributed by atoms with E-state index in [0.717, 1.165) is 19.6 Å². The molecule has 2 aliphatic rings. The molecule has 126 valence electrons. The zero-order valence-electron chi connectivity index (χ0n) is 15.0. The Morgan fingerprint density at radius 1 is 1.12 bits per heavy atom. The molecule has 1 atom stereocenters. The van der Waals surface area contributed by atoms with Gasteiger partial charge < -0.3 is 10.2 Å². The lowest BCUT2D eigenvalue weighted by molar-refractivity contribution is 0.582. The first-order chi connectivity index (χ1) is 11.5. The molecule has 3 heteroatoms. The molecule has 0 unspecified atom stereocenters. The molecule has 1 N–H and O–H groups in total. The molecule has 4 rings (SSSR count). The summed E-state index contributed by atoms with van der Waals surface area (Å²) in [5.41, 5.74) is 7.49. The lowest BCUT2D eigenvalue weighted by atomic mass is 9.82. The Balaban J connectivity index is 1.75. The van der Waals surface area contributed by atoms with Gasteiger partial charge in [0.2, 0.25) is 0 Å². The molecule has 1 saturated heterocycles. The van der Waals surface area contributed by atoms with Crippen molar-refractivity contribution in [3.05, 3.63) is 58.9 Å². The summed E-state index contributed by atoms with van der Waals surface area (Å²) < 4.78 is 0. The molecule has 2 aliphatic heterocycles. The zero-order valence-corrected chi connectivity index (χ0v) is 15.0. The maximum absolute atomic E-state index is 4.16. The van der Waals surface area contributed by atoms with E-state index in [1.54, 1.807) is 5.56 Å². The highest BCUT2D eigenvalue weighted by Gasteiger charge is 2.29. The van der Waals surface area contributed by atoms with Gasteiger partial charge in [0.05, 0.1) is 0 Å². The molecule has 0 radical (unpaired) electrons. The van der Waals surface area contributed by atoms with Gasteiger partial charge in [0.1, 0.15) is 0 Å². The summed E-state index contributed by atoms with van der Waals surface area (Å²) in [4.78, 5) is 6.63. The molecule has 1 aromatic carbocycles. The Morgan fingerprint density at radius 2 is 1.92 bits per heavy atom. The Bertz CT molecular complexity index is 725. The monoisotopic (exact) mass is 321 g/mol. The fraction of sp³-hybridized carbons (Fsp3) is 0.476. The van der Waals surface area contributed by atoms with Crippen LogP contribution >= 0.6 is 0 Å². The fourth-order valence-corrected chi connectivity index (χ4v) is 3.97. The summed E-state index contributed by atoms with van der Waals surface area (Å²) in [6.07, 6.45) is 6.32. The third-order valence-corrected chi connectivity index (χ3v) is 5.42. The van der Waals surface area contributed by atoms with Crippen LogP contribution in [0, 0.1) is 0 Å². The maximum atomic E-state index is 4.16. The third kappa shape index (κ3) is 2.82. The topological polar surface area (TPSA) is 28.2 Å². The third-order valence-electron chi connectivity index (χ3n) is 5.42. The SMILES string of the molecule is CC(C)(C)c1cc2c(c([C@@H]3CCCN3)c1)CN(c1ccncc1)C2. The smallest absolute Gasteiger partial charge is 0.0440 e. The van der Waals surface area contributed by atoms with Gasteiger partial charge in [-0.2, -0.15) is 0 Å². The number of rotatable bonds is 2. The molecule has 0 amide bonds. The van der Waals surface area contributed by atoms with E-state index in [1.807, 2.05) is 12.4 Å². The van der Waals surface area contributed by atoms with E-state index in [1.165, 1.54) is 35.2 Å². The summed E-state index contributed by atoms with van der Waals surface area (Å²) in [5.74, 6) is 0. The van der Waals surface area contributed by atoms with E-state index in [2.05, 4.69) is 60.2 Å². The van der Waals surface area contributed by atoms with Crippen molar-refractivity contribution in [1.29, 1.82) is 0 Å². The molecule has 3 heterocycles. The quantitative estimate of drug-likeness (QED) is 0.892. The molecule has 24 heavy (non-hydrogen) atoms. The average Bonchev–Trinajstić information content (AvgIpc) is 3.23. The van der Waals surface area contributed by atoms with Crippen LogP contribution in [0.5, 0.6) is 0 Å². The standard InChI is InChI=1S/C21H27N3/c1-21(2,3)16-11-15-13-24(17-6-9-22-10-7-17)14-19(15)18(12-16)20-5-4-8-23-20/h6-7,9-12,20,23H,4-5,8,13-14H2,1-3H3/t20-/m0/s1. The summed E-state index contributed by atoms with van der Waals surface area (Å²) in [6, 6.07) is 9.67. The second-order valence-electron chi connectivity index (χ2n) is 8.16. The average molecular weight is 321 g/mol. The number of pyridine rings is 1.